The molecule has 6 heteroatoms. The molecule has 0 aliphatic heterocycles. The lowest BCUT2D eigenvalue weighted by atomic mass is 10.1. The van der Waals surface area contributed by atoms with E-state index in [4.69, 9.17) is 11.6 Å². The number of nitro groups is 1. The molecule has 0 spiro atoms. The second kappa shape index (κ2) is 7.04. The van der Waals surface area contributed by atoms with Gasteiger partial charge in [0.2, 0.25) is 0 Å². The van der Waals surface area contributed by atoms with Gasteiger partial charge in [-0.2, -0.15) is 0 Å². The standard InChI is InChI=1S/C15H16ClN3O2/c1-2-18(11-12-5-7-17-8-6-12)15-4-3-14(19(20)21)9-13(15)10-16/h3-9H,2,10-11H2,1H3. The van der Waals surface area contributed by atoms with Crippen LogP contribution in [0.4, 0.5) is 11.4 Å². The van der Waals surface area contributed by atoms with Gasteiger partial charge in [-0.25, -0.2) is 0 Å². The number of non-ortho nitro benzene ring substituents is 1. The summed E-state index contributed by atoms with van der Waals surface area (Å²) in [6, 6.07) is 8.72. The first-order chi connectivity index (χ1) is 10.2. The number of benzene rings is 1. The van der Waals surface area contributed by atoms with Gasteiger partial charge in [0.15, 0.2) is 0 Å². The molecule has 0 aliphatic carbocycles. The Kier molecular flexibility index (Phi) is 5.11. The maximum Gasteiger partial charge on any atom is 0.269 e. The number of alkyl halides is 1. The van der Waals surface area contributed by atoms with Gasteiger partial charge in [0.1, 0.15) is 0 Å². The zero-order valence-electron chi connectivity index (χ0n) is 11.7. The van der Waals surface area contributed by atoms with Crippen LogP contribution < -0.4 is 4.90 Å². The molecule has 0 aliphatic rings. The lowest BCUT2D eigenvalue weighted by molar-refractivity contribution is -0.384. The number of rotatable bonds is 6. The Bertz CT molecular complexity index is 620. The van der Waals surface area contributed by atoms with E-state index in [0.29, 0.717) is 6.54 Å². The zero-order chi connectivity index (χ0) is 15.2. The van der Waals surface area contributed by atoms with Crippen molar-refractivity contribution in [1.82, 2.24) is 4.98 Å². The molecule has 0 saturated heterocycles. The van der Waals surface area contributed by atoms with Crippen molar-refractivity contribution < 1.29 is 4.92 Å². The van der Waals surface area contributed by atoms with Crippen molar-refractivity contribution in [1.29, 1.82) is 0 Å². The minimum atomic E-state index is -0.404. The van der Waals surface area contributed by atoms with Crippen molar-refractivity contribution in [2.45, 2.75) is 19.3 Å². The highest BCUT2D eigenvalue weighted by molar-refractivity contribution is 6.17. The number of nitro benzene ring substituents is 1. The molecule has 1 aromatic carbocycles. The minimum Gasteiger partial charge on any atom is -0.367 e. The largest absolute Gasteiger partial charge is 0.367 e. The number of hydrogen-bond donors (Lipinski definition) is 0. The summed E-state index contributed by atoms with van der Waals surface area (Å²) in [5.74, 6) is 0.240. The van der Waals surface area contributed by atoms with Crippen molar-refractivity contribution >= 4 is 23.0 Å². The van der Waals surface area contributed by atoms with Crippen LogP contribution in [0.5, 0.6) is 0 Å². The highest BCUT2D eigenvalue weighted by atomic mass is 35.5. The van der Waals surface area contributed by atoms with Crippen molar-refractivity contribution in [2.75, 3.05) is 11.4 Å². The molecule has 2 aromatic rings. The van der Waals surface area contributed by atoms with Crippen molar-refractivity contribution in [3.63, 3.8) is 0 Å². The highest BCUT2D eigenvalue weighted by Crippen LogP contribution is 2.28. The Hall–Kier alpha value is -2.14. The van der Waals surface area contributed by atoms with Crippen LogP contribution in [0.25, 0.3) is 0 Å². The van der Waals surface area contributed by atoms with Gasteiger partial charge in [-0.1, -0.05) is 0 Å². The van der Waals surface area contributed by atoms with E-state index in [2.05, 4.69) is 9.88 Å². The summed E-state index contributed by atoms with van der Waals surface area (Å²) in [6.45, 7) is 3.53. The quantitative estimate of drug-likeness (QED) is 0.463. The molecule has 0 N–H and O–H groups in total. The fraction of sp³-hybridized carbons (Fsp3) is 0.267. The van der Waals surface area contributed by atoms with Crippen LogP contribution in [0.15, 0.2) is 42.7 Å². The van der Waals surface area contributed by atoms with E-state index in [-0.39, 0.29) is 11.6 Å². The van der Waals surface area contributed by atoms with E-state index < -0.39 is 4.92 Å². The van der Waals surface area contributed by atoms with Crippen LogP contribution >= 0.6 is 11.6 Å². The molecule has 0 radical (unpaired) electrons. The summed E-state index contributed by atoms with van der Waals surface area (Å²) in [5, 5.41) is 10.9. The average molecular weight is 306 g/mol. The molecule has 2 rings (SSSR count). The number of aromatic nitrogens is 1. The summed E-state index contributed by atoms with van der Waals surface area (Å²) >= 11 is 5.95. The van der Waals surface area contributed by atoms with Crippen molar-refractivity contribution in [3.8, 4) is 0 Å². The fourth-order valence-electron chi connectivity index (χ4n) is 2.18. The number of halogens is 1. The molecule has 1 aromatic heterocycles. The highest BCUT2D eigenvalue weighted by Gasteiger charge is 2.14. The van der Waals surface area contributed by atoms with Gasteiger partial charge in [-0.05, 0) is 36.2 Å². The molecule has 110 valence electrons. The van der Waals surface area contributed by atoms with Gasteiger partial charge in [0.25, 0.3) is 5.69 Å². The van der Waals surface area contributed by atoms with E-state index >= 15 is 0 Å². The summed E-state index contributed by atoms with van der Waals surface area (Å²) in [4.78, 5) is 16.6. The first-order valence-electron chi connectivity index (χ1n) is 6.62. The Morgan fingerprint density at radius 1 is 1.29 bits per heavy atom. The molecule has 1 heterocycles. The summed E-state index contributed by atoms with van der Waals surface area (Å²) in [7, 11) is 0. The lowest BCUT2D eigenvalue weighted by Crippen LogP contribution is -2.23. The van der Waals surface area contributed by atoms with Gasteiger partial charge < -0.3 is 4.90 Å². The number of hydrogen-bond acceptors (Lipinski definition) is 4. The van der Waals surface area contributed by atoms with Crippen molar-refractivity contribution in [3.05, 3.63) is 64.0 Å². The molecule has 0 unspecified atom stereocenters. The number of anilines is 1. The first kappa shape index (κ1) is 15.3. The first-order valence-corrected chi connectivity index (χ1v) is 7.16. The second-order valence-electron chi connectivity index (χ2n) is 4.57. The van der Waals surface area contributed by atoms with Crippen LogP contribution in [0, 0.1) is 10.1 Å². The zero-order valence-corrected chi connectivity index (χ0v) is 12.5. The molecule has 21 heavy (non-hydrogen) atoms. The molecule has 0 atom stereocenters. The lowest BCUT2D eigenvalue weighted by Gasteiger charge is -2.25. The smallest absolute Gasteiger partial charge is 0.269 e. The fourth-order valence-corrected chi connectivity index (χ4v) is 2.39. The average Bonchev–Trinajstić information content (AvgIpc) is 2.53. The van der Waals surface area contributed by atoms with Crippen molar-refractivity contribution in [2.24, 2.45) is 0 Å². The number of pyridine rings is 1. The normalized spacial score (nSPS) is 10.4. The van der Waals surface area contributed by atoms with E-state index in [0.717, 1.165) is 23.4 Å². The van der Waals surface area contributed by atoms with E-state index in [9.17, 15) is 10.1 Å². The Morgan fingerprint density at radius 2 is 2.00 bits per heavy atom. The predicted molar refractivity (Wildman–Crippen MR) is 83.6 cm³/mol. The van der Waals surface area contributed by atoms with Gasteiger partial charge in [0.05, 0.1) is 4.92 Å². The van der Waals surface area contributed by atoms with E-state index in [1.54, 1.807) is 18.5 Å². The number of nitrogens with zero attached hydrogens (tertiary/aromatic N) is 3. The van der Waals surface area contributed by atoms with Crippen LogP contribution in [-0.2, 0) is 12.4 Å². The summed E-state index contributed by atoms with van der Waals surface area (Å²) < 4.78 is 0. The SMILES string of the molecule is CCN(Cc1ccncc1)c1ccc([N+](=O)[O-])cc1CCl. The third-order valence-corrected chi connectivity index (χ3v) is 3.55. The Balaban J connectivity index is 2.31. The molecule has 0 bridgehead atoms. The summed E-state index contributed by atoms with van der Waals surface area (Å²) in [6.07, 6.45) is 3.50. The van der Waals surface area contributed by atoms with Gasteiger partial charge in [0, 0.05) is 49.2 Å². The third kappa shape index (κ3) is 3.70. The second-order valence-corrected chi connectivity index (χ2v) is 4.84. The van der Waals surface area contributed by atoms with E-state index in [1.165, 1.54) is 12.1 Å². The summed E-state index contributed by atoms with van der Waals surface area (Å²) in [5.41, 5.74) is 2.89. The maximum absolute atomic E-state index is 10.9. The molecular weight excluding hydrogens is 290 g/mol. The maximum atomic E-state index is 10.9. The van der Waals surface area contributed by atoms with E-state index in [1.807, 2.05) is 19.1 Å². The van der Waals surface area contributed by atoms with Crippen LogP contribution in [0.3, 0.4) is 0 Å². The Labute approximate surface area is 128 Å². The predicted octanol–water partition coefficient (Wildman–Crippen LogP) is 3.76. The van der Waals surface area contributed by atoms with Crippen LogP contribution in [-0.4, -0.2) is 16.5 Å². The Morgan fingerprint density at radius 3 is 2.57 bits per heavy atom. The van der Waals surface area contributed by atoms with Gasteiger partial charge in [-0.3, -0.25) is 15.1 Å². The molecule has 0 saturated carbocycles. The monoisotopic (exact) mass is 305 g/mol. The van der Waals surface area contributed by atoms with Crippen LogP contribution in [0.1, 0.15) is 18.1 Å². The molecule has 0 amide bonds. The molecule has 0 fully saturated rings. The molecular formula is C15H16ClN3O2. The minimum absolute atomic E-state index is 0.0642. The third-order valence-electron chi connectivity index (χ3n) is 3.26. The van der Waals surface area contributed by atoms with Gasteiger partial charge >= 0.3 is 0 Å². The van der Waals surface area contributed by atoms with Crippen LogP contribution in [0.2, 0.25) is 0 Å². The topological polar surface area (TPSA) is 59.3 Å². The molecule has 5 nitrogen and oxygen atoms in total. The van der Waals surface area contributed by atoms with Gasteiger partial charge in [-0.15, -0.1) is 11.6 Å².